The van der Waals surface area contributed by atoms with Crippen molar-refractivity contribution < 1.29 is 0 Å². The number of aromatic nitrogens is 3. The van der Waals surface area contributed by atoms with Crippen LogP contribution in [-0.4, -0.2) is 14.5 Å². The average molecular weight is 662 g/mol. The van der Waals surface area contributed by atoms with Gasteiger partial charge in [0.2, 0.25) is 5.95 Å². The Kier molecular flexibility index (Phi) is 6.31. The van der Waals surface area contributed by atoms with Gasteiger partial charge in [0, 0.05) is 27.6 Å². The van der Waals surface area contributed by atoms with Crippen molar-refractivity contribution in [3.05, 3.63) is 199 Å². The molecule has 0 amide bonds. The van der Waals surface area contributed by atoms with Gasteiger partial charge in [-0.15, -0.1) is 0 Å². The molecule has 10 aromatic rings. The third kappa shape index (κ3) is 4.33. The van der Waals surface area contributed by atoms with E-state index in [-0.39, 0.29) is 5.92 Å². The number of fused-ring (bicyclic) bond motifs is 9. The first kappa shape index (κ1) is 28.9. The second kappa shape index (κ2) is 11.3. The third-order valence-electron chi connectivity index (χ3n) is 10.9. The Labute approximate surface area is 301 Å². The number of hydrogen-bond acceptors (Lipinski definition) is 2. The van der Waals surface area contributed by atoms with Crippen LogP contribution in [0.15, 0.2) is 182 Å². The second-order valence-corrected chi connectivity index (χ2v) is 13.7. The molecule has 8 aromatic carbocycles. The van der Waals surface area contributed by atoms with E-state index in [4.69, 9.17) is 9.97 Å². The minimum Gasteiger partial charge on any atom is -0.278 e. The van der Waals surface area contributed by atoms with Gasteiger partial charge in [-0.25, -0.2) is 9.97 Å². The van der Waals surface area contributed by atoms with Crippen molar-refractivity contribution in [2.75, 3.05) is 0 Å². The molecule has 0 spiro atoms. The Morgan fingerprint density at radius 1 is 0.423 bits per heavy atom. The van der Waals surface area contributed by atoms with Crippen LogP contribution in [0.25, 0.3) is 82.9 Å². The van der Waals surface area contributed by atoms with Crippen LogP contribution in [0.3, 0.4) is 0 Å². The van der Waals surface area contributed by atoms with Crippen molar-refractivity contribution in [2.24, 2.45) is 0 Å². The molecule has 1 unspecified atom stereocenters. The van der Waals surface area contributed by atoms with Gasteiger partial charge in [-0.2, -0.15) is 0 Å². The molecule has 0 fully saturated rings. The van der Waals surface area contributed by atoms with Crippen LogP contribution in [0.1, 0.15) is 22.6 Å². The second-order valence-electron chi connectivity index (χ2n) is 13.7. The number of para-hydroxylation sites is 1. The van der Waals surface area contributed by atoms with E-state index in [9.17, 15) is 0 Å². The monoisotopic (exact) mass is 661 g/mol. The fraction of sp³-hybridized carbons (Fsp3) is 0.0204. The Morgan fingerprint density at radius 3 is 1.98 bits per heavy atom. The van der Waals surface area contributed by atoms with Crippen molar-refractivity contribution >= 4 is 43.5 Å². The van der Waals surface area contributed by atoms with Gasteiger partial charge in [0.15, 0.2) is 0 Å². The van der Waals surface area contributed by atoms with Gasteiger partial charge >= 0.3 is 0 Å². The van der Waals surface area contributed by atoms with Crippen molar-refractivity contribution in [1.29, 1.82) is 0 Å². The van der Waals surface area contributed by atoms with Crippen LogP contribution in [0, 0.1) is 0 Å². The number of nitrogens with zero attached hydrogens (tertiary/aromatic N) is 3. The Morgan fingerprint density at radius 2 is 1.10 bits per heavy atom. The maximum absolute atomic E-state index is 5.32. The molecule has 52 heavy (non-hydrogen) atoms. The van der Waals surface area contributed by atoms with E-state index in [0.717, 1.165) is 33.2 Å². The highest BCUT2D eigenvalue weighted by atomic mass is 15.2. The molecule has 11 rings (SSSR count). The largest absolute Gasteiger partial charge is 0.278 e. The normalized spacial score (nSPS) is 13.6. The lowest BCUT2D eigenvalue weighted by atomic mass is 9.89. The fourth-order valence-electron chi connectivity index (χ4n) is 8.55. The van der Waals surface area contributed by atoms with Gasteiger partial charge in [-0.05, 0) is 80.0 Å². The first-order chi connectivity index (χ1) is 25.8. The summed E-state index contributed by atoms with van der Waals surface area (Å²) in [5.74, 6) is 0.901. The molecule has 0 bridgehead atoms. The molecule has 3 heteroatoms. The maximum Gasteiger partial charge on any atom is 0.235 e. The van der Waals surface area contributed by atoms with Crippen molar-refractivity contribution in [2.45, 2.75) is 5.92 Å². The van der Waals surface area contributed by atoms with Gasteiger partial charge in [0.05, 0.1) is 22.2 Å². The van der Waals surface area contributed by atoms with Crippen molar-refractivity contribution in [3.8, 4) is 39.5 Å². The summed E-state index contributed by atoms with van der Waals surface area (Å²) < 4.78 is 2.25. The standard InChI is InChI=1S/C49H31N3/c1-3-14-32(15-4-1)46-38-20-10-9-19-37(38)41-29-34(23-26-39(41)46)35-25-27-44-42(30-35)47-36-18-8-7-13-31(36)24-28-45(47)52(44)49-50-43-22-12-11-21-40(43)48(51-49)33-16-5-2-6-17-33/h1-30,46H. The molecule has 0 saturated heterocycles. The molecule has 2 heterocycles. The summed E-state index contributed by atoms with van der Waals surface area (Å²) in [6.45, 7) is 0. The van der Waals surface area contributed by atoms with Crippen LogP contribution in [0.4, 0.5) is 0 Å². The van der Waals surface area contributed by atoms with Gasteiger partial charge in [0.25, 0.3) is 0 Å². The van der Waals surface area contributed by atoms with Crippen LogP contribution in [-0.2, 0) is 0 Å². The molecule has 1 atom stereocenters. The molecule has 0 saturated carbocycles. The lowest BCUT2D eigenvalue weighted by molar-refractivity contribution is 1.01. The zero-order valence-electron chi connectivity index (χ0n) is 28.2. The SMILES string of the molecule is c1ccc(-c2nc(-n3c4ccc(-c5ccc6c(c5)-c5ccccc5C6c5ccccc5)cc4c4c5ccccc5ccc43)nc3ccccc23)cc1. The first-order valence-electron chi connectivity index (χ1n) is 17.9. The van der Waals surface area contributed by atoms with Gasteiger partial charge < -0.3 is 0 Å². The van der Waals surface area contributed by atoms with Crippen LogP contribution in [0.2, 0.25) is 0 Å². The van der Waals surface area contributed by atoms with Crippen LogP contribution >= 0.6 is 0 Å². The number of benzene rings is 8. The molecule has 242 valence electrons. The highest BCUT2D eigenvalue weighted by molar-refractivity contribution is 6.21. The molecular weight excluding hydrogens is 631 g/mol. The predicted octanol–water partition coefficient (Wildman–Crippen LogP) is 12.4. The van der Waals surface area contributed by atoms with Gasteiger partial charge in [-0.3, -0.25) is 4.57 Å². The topological polar surface area (TPSA) is 30.7 Å². The van der Waals surface area contributed by atoms with E-state index in [1.54, 1.807) is 0 Å². The lowest BCUT2D eigenvalue weighted by Crippen LogP contribution is -2.03. The zero-order chi connectivity index (χ0) is 34.2. The van der Waals surface area contributed by atoms with E-state index >= 15 is 0 Å². The van der Waals surface area contributed by atoms with E-state index in [0.29, 0.717) is 5.95 Å². The summed E-state index contributed by atoms with van der Waals surface area (Å²) in [4.78, 5) is 10.5. The Hall–Kier alpha value is -6.84. The molecule has 2 aromatic heterocycles. The fourth-order valence-corrected chi connectivity index (χ4v) is 8.55. The maximum atomic E-state index is 5.32. The summed E-state index contributed by atoms with van der Waals surface area (Å²) in [5.41, 5.74) is 14.2. The van der Waals surface area contributed by atoms with E-state index in [1.165, 1.54) is 60.5 Å². The molecule has 0 radical (unpaired) electrons. The van der Waals surface area contributed by atoms with Crippen molar-refractivity contribution in [3.63, 3.8) is 0 Å². The van der Waals surface area contributed by atoms with Gasteiger partial charge in [0.1, 0.15) is 0 Å². The van der Waals surface area contributed by atoms with Gasteiger partial charge in [-0.1, -0.05) is 152 Å². The summed E-state index contributed by atoms with van der Waals surface area (Å²) in [6, 6.07) is 65.6. The summed E-state index contributed by atoms with van der Waals surface area (Å²) in [6.07, 6.45) is 0. The summed E-state index contributed by atoms with van der Waals surface area (Å²) in [7, 11) is 0. The predicted molar refractivity (Wildman–Crippen MR) is 215 cm³/mol. The molecule has 1 aliphatic carbocycles. The zero-order valence-corrected chi connectivity index (χ0v) is 28.2. The Balaban J connectivity index is 1.15. The highest BCUT2D eigenvalue weighted by Gasteiger charge is 2.30. The summed E-state index contributed by atoms with van der Waals surface area (Å²) in [5, 5.41) is 5.87. The number of hydrogen-bond donors (Lipinski definition) is 0. The summed E-state index contributed by atoms with van der Waals surface area (Å²) >= 11 is 0. The van der Waals surface area contributed by atoms with E-state index < -0.39 is 0 Å². The average Bonchev–Trinajstić information content (AvgIpc) is 3.73. The molecule has 0 aliphatic heterocycles. The quantitative estimate of drug-likeness (QED) is 0.188. The lowest BCUT2D eigenvalue weighted by Gasteiger charge is -2.14. The van der Waals surface area contributed by atoms with Crippen LogP contribution in [0.5, 0.6) is 0 Å². The first-order valence-corrected chi connectivity index (χ1v) is 17.9. The molecule has 1 aliphatic rings. The molecule has 3 nitrogen and oxygen atoms in total. The van der Waals surface area contributed by atoms with E-state index in [2.05, 4.69) is 180 Å². The highest BCUT2D eigenvalue weighted by Crippen LogP contribution is 2.49. The third-order valence-corrected chi connectivity index (χ3v) is 10.9. The molecular formula is C49H31N3. The van der Waals surface area contributed by atoms with Crippen LogP contribution < -0.4 is 0 Å². The van der Waals surface area contributed by atoms with Crippen molar-refractivity contribution in [1.82, 2.24) is 14.5 Å². The molecule has 0 N–H and O–H groups in total. The Bertz CT molecular complexity index is 3010. The van der Waals surface area contributed by atoms with E-state index in [1.807, 2.05) is 6.07 Å². The number of rotatable bonds is 4. The minimum absolute atomic E-state index is 0.232. The smallest absolute Gasteiger partial charge is 0.235 e. The minimum atomic E-state index is 0.232.